The normalized spacial score (nSPS) is 11.8. The number of carbonyl (C=O) groups is 1. The van der Waals surface area contributed by atoms with Gasteiger partial charge in [0, 0.05) is 19.9 Å². The summed E-state index contributed by atoms with van der Waals surface area (Å²) < 4.78 is 18.5. The summed E-state index contributed by atoms with van der Waals surface area (Å²) in [6, 6.07) is 8.47. The van der Waals surface area contributed by atoms with Gasteiger partial charge >= 0.3 is 0 Å². The predicted molar refractivity (Wildman–Crippen MR) is 91.6 cm³/mol. The lowest BCUT2D eigenvalue weighted by atomic mass is 10.1. The minimum Gasteiger partial charge on any atom is -0.383 e. The molecule has 0 radical (unpaired) electrons. The van der Waals surface area contributed by atoms with E-state index in [9.17, 15) is 9.18 Å². The fraction of sp³-hybridized carbons (Fsp3) is 0.333. The number of hydrogen-bond acceptors (Lipinski definition) is 4. The number of carbonyl (C=O) groups excluding carboxylic acids is 1. The zero-order valence-corrected chi connectivity index (χ0v) is 14.1. The Morgan fingerprint density at radius 2 is 2.12 bits per heavy atom. The zero-order chi connectivity index (χ0) is 17.5. The largest absolute Gasteiger partial charge is 0.383 e. The van der Waals surface area contributed by atoms with Crippen LogP contribution in [0.3, 0.4) is 0 Å². The van der Waals surface area contributed by atoms with Gasteiger partial charge in [-0.1, -0.05) is 12.1 Å². The van der Waals surface area contributed by atoms with Crippen LogP contribution in [0.1, 0.15) is 34.5 Å². The molecule has 0 spiro atoms. The molecule has 1 unspecified atom stereocenters. The van der Waals surface area contributed by atoms with E-state index < -0.39 is 0 Å². The first-order valence-corrected chi connectivity index (χ1v) is 7.77. The second-order valence-corrected chi connectivity index (χ2v) is 5.56. The summed E-state index contributed by atoms with van der Waals surface area (Å²) in [6.45, 7) is 4.57. The Kier molecular flexibility index (Phi) is 6.26. The van der Waals surface area contributed by atoms with Gasteiger partial charge < -0.3 is 15.4 Å². The van der Waals surface area contributed by atoms with Gasteiger partial charge in [-0.15, -0.1) is 0 Å². The Bertz CT molecular complexity index is 689. The molecule has 5 nitrogen and oxygen atoms in total. The number of aromatic nitrogens is 1. The van der Waals surface area contributed by atoms with Gasteiger partial charge in [0.2, 0.25) is 0 Å². The summed E-state index contributed by atoms with van der Waals surface area (Å²) >= 11 is 0. The molecule has 1 amide bonds. The van der Waals surface area contributed by atoms with Crippen molar-refractivity contribution in [3.8, 4) is 0 Å². The lowest BCUT2D eigenvalue weighted by molar-refractivity contribution is 0.0937. The van der Waals surface area contributed by atoms with E-state index in [1.807, 2.05) is 13.0 Å². The molecule has 2 aromatic rings. The predicted octanol–water partition coefficient (Wildman–Crippen LogP) is 3.08. The molecule has 0 aliphatic rings. The van der Waals surface area contributed by atoms with Crippen LogP contribution in [0.4, 0.5) is 10.2 Å². The van der Waals surface area contributed by atoms with Crippen LogP contribution < -0.4 is 10.6 Å². The standard InChI is InChI=1S/C18H22FN3O2/c1-12-4-5-14(10-16(12)19)13(2)22-17-7-6-15(11-21-17)18(23)20-8-9-24-3/h4-7,10-11,13H,8-9H2,1-3H3,(H,20,23)(H,21,22). The van der Waals surface area contributed by atoms with E-state index >= 15 is 0 Å². The van der Waals surface area contributed by atoms with Gasteiger partial charge in [0.25, 0.3) is 5.91 Å². The van der Waals surface area contributed by atoms with Crippen LogP contribution in [0.5, 0.6) is 0 Å². The number of nitrogens with one attached hydrogen (secondary N) is 2. The highest BCUT2D eigenvalue weighted by atomic mass is 19.1. The Labute approximate surface area is 141 Å². The highest BCUT2D eigenvalue weighted by Crippen LogP contribution is 2.20. The molecule has 6 heteroatoms. The third kappa shape index (κ3) is 4.76. The maximum Gasteiger partial charge on any atom is 0.252 e. The summed E-state index contributed by atoms with van der Waals surface area (Å²) in [5.74, 6) is 0.203. The van der Waals surface area contributed by atoms with Gasteiger partial charge in [0.15, 0.2) is 0 Å². The van der Waals surface area contributed by atoms with E-state index in [0.29, 0.717) is 30.1 Å². The molecule has 1 aromatic heterocycles. The smallest absolute Gasteiger partial charge is 0.252 e. The topological polar surface area (TPSA) is 63.2 Å². The fourth-order valence-electron chi connectivity index (χ4n) is 2.17. The quantitative estimate of drug-likeness (QED) is 0.766. The third-order valence-electron chi connectivity index (χ3n) is 3.68. The average Bonchev–Trinajstić information content (AvgIpc) is 2.58. The molecule has 1 atom stereocenters. The van der Waals surface area contributed by atoms with Crippen molar-refractivity contribution in [2.24, 2.45) is 0 Å². The molecular weight excluding hydrogens is 309 g/mol. The number of amides is 1. The first kappa shape index (κ1) is 17.9. The summed E-state index contributed by atoms with van der Waals surface area (Å²) in [4.78, 5) is 16.1. The van der Waals surface area contributed by atoms with E-state index in [0.717, 1.165) is 5.56 Å². The molecule has 0 fully saturated rings. The van der Waals surface area contributed by atoms with Crippen LogP contribution in [-0.2, 0) is 4.74 Å². The fourth-order valence-corrected chi connectivity index (χ4v) is 2.17. The maximum absolute atomic E-state index is 13.7. The number of hydrogen-bond donors (Lipinski definition) is 2. The number of rotatable bonds is 7. The van der Waals surface area contributed by atoms with E-state index in [1.165, 1.54) is 12.3 Å². The SMILES string of the molecule is COCCNC(=O)c1ccc(NC(C)c2ccc(C)c(F)c2)nc1. The van der Waals surface area contributed by atoms with Crippen molar-refractivity contribution >= 4 is 11.7 Å². The van der Waals surface area contributed by atoms with E-state index in [2.05, 4.69) is 15.6 Å². The van der Waals surface area contributed by atoms with Crippen LogP contribution in [0.2, 0.25) is 0 Å². The van der Waals surface area contributed by atoms with E-state index in [1.54, 1.807) is 32.2 Å². The van der Waals surface area contributed by atoms with Crippen LogP contribution in [0.25, 0.3) is 0 Å². The highest BCUT2D eigenvalue weighted by Gasteiger charge is 2.10. The lowest BCUT2D eigenvalue weighted by Crippen LogP contribution is -2.27. The van der Waals surface area contributed by atoms with E-state index in [4.69, 9.17) is 4.74 Å². The van der Waals surface area contributed by atoms with Crippen LogP contribution in [0, 0.1) is 12.7 Å². The monoisotopic (exact) mass is 331 g/mol. The molecule has 2 rings (SSSR count). The summed E-state index contributed by atoms with van der Waals surface area (Å²) in [5.41, 5.74) is 1.93. The number of halogens is 1. The number of pyridine rings is 1. The second kappa shape index (κ2) is 8.40. The summed E-state index contributed by atoms with van der Waals surface area (Å²) in [6.07, 6.45) is 1.51. The van der Waals surface area contributed by atoms with Gasteiger partial charge in [0.1, 0.15) is 11.6 Å². The van der Waals surface area contributed by atoms with Gasteiger partial charge in [-0.05, 0) is 43.2 Å². The van der Waals surface area contributed by atoms with Gasteiger partial charge in [-0.2, -0.15) is 0 Å². The van der Waals surface area contributed by atoms with Crippen molar-refractivity contribution in [1.29, 1.82) is 0 Å². The van der Waals surface area contributed by atoms with Gasteiger partial charge in [-0.25, -0.2) is 9.37 Å². The molecule has 128 valence electrons. The number of aryl methyl sites for hydroxylation is 1. The van der Waals surface area contributed by atoms with Gasteiger partial charge in [-0.3, -0.25) is 4.79 Å². The van der Waals surface area contributed by atoms with Crippen LogP contribution in [-0.4, -0.2) is 31.2 Å². The second-order valence-electron chi connectivity index (χ2n) is 5.56. The summed E-state index contributed by atoms with van der Waals surface area (Å²) in [7, 11) is 1.58. The molecule has 1 heterocycles. The zero-order valence-electron chi connectivity index (χ0n) is 14.1. The third-order valence-corrected chi connectivity index (χ3v) is 3.68. The maximum atomic E-state index is 13.7. The molecule has 0 saturated carbocycles. The number of anilines is 1. The van der Waals surface area contributed by atoms with E-state index in [-0.39, 0.29) is 17.8 Å². The van der Waals surface area contributed by atoms with Crippen molar-refractivity contribution in [2.45, 2.75) is 19.9 Å². The lowest BCUT2D eigenvalue weighted by Gasteiger charge is -2.15. The first-order chi connectivity index (χ1) is 11.5. The van der Waals surface area contributed by atoms with Crippen LogP contribution >= 0.6 is 0 Å². The Balaban J connectivity index is 1.97. The number of benzene rings is 1. The minimum atomic E-state index is -0.225. The molecule has 0 aliphatic carbocycles. The molecule has 2 N–H and O–H groups in total. The average molecular weight is 331 g/mol. The van der Waals surface area contributed by atoms with Crippen molar-refractivity contribution < 1.29 is 13.9 Å². The minimum absolute atomic E-state index is 0.103. The highest BCUT2D eigenvalue weighted by molar-refractivity contribution is 5.94. The molecular formula is C18H22FN3O2. The molecule has 0 aliphatic heterocycles. The Hall–Kier alpha value is -2.47. The number of ether oxygens (including phenoxy) is 1. The molecule has 24 heavy (non-hydrogen) atoms. The van der Waals surface area contributed by atoms with Crippen molar-refractivity contribution in [2.75, 3.05) is 25.6 Å². The first-order valence-electron chi connectivity index (χ1n) is 7.77. The number of methoxy groups -OCH3 is 1. The van der Waals surface area contributed by atoms with Gasteiger partial charge in [0.05, 0.1) is 18.2 Å². The Morgan fingerprint density at radius 3 is 2.75 bits per heavy atom. The summed E-state index contributed by atoms with van der Waals surface area (Å²) in [5, 5.41) is 5.93. The molecule has 0 bridgehead atoms. The number of nitrogens with zero attached hydrogens (tertiary/aromatic N) is 1. The Morgan fingerprint density at radius 1 is 1.33 bits per heavy atom. The van der Waals surface area contributed by atoms with Crippen molar-refractivity contribution in [1.82, 2.24) is 10.3 Å². The van der Waals surface area contributed by atoms with Crippen molar-refractivity contribution in [3.63, 3.8) is 0 Å². The van der Waals surface area contributed by atoms with Crippen LogP contribution in [0.15, 0.2) is 36.5 Å². The van der Waals surface area contributed by atoms with Crippen molar-refractivity contribution in [3.05, 3.63) is 59.0 Å². The molecule has 1 aromatic carbocycles. The molecule has 0 saturated heterocycles.